The minimum atomic E-state index is -0.711. The van der Waals surface area contributed by atoms with Gasteiger partial charge in [0.15, 0.2) is 5.75 Å². The first-order chi connectivity index (χ1) is 9.49. The second-order valence-corrected chi connectivity index (χ2v) is 4.27. The fourth-order valence-electron chi connectivity index (χ4n) is 1.57. The molecule has 4 nitrogen and oxygen atoms in total. The Hall–Kier alpha value is -2.21. The van der Waals surface area contributed by atoms with Crippen LogP contribution in [0.1, 0.15) is 5.56 Å². The van der Waals surface area contributed by atoms with Crippen molar-refractivity contribution < 1.29 is 18.4 Å². The third-order valence-electron chi connectivity index (χ3n) is 2.55. The summed E-state index contributed by atoms with van der Waals surface area (Å²) in [5, 5.41) is 10.9. The maximum absolute atomic E-state index is 13.5. The van der Waals surface area contributed by atoms with Gasteiger partial charge in [-0.05, 0) is 18.2 Å². The molecule has 0 spiro atoms. The van der Waals surface area contributed by atoms with Gasteiger partial charge in [-0.2, -0.15) is 0 Å². The van der Waals surface area contributed by atoms with Gasteiger partial charge in [-0.1, -0.05) is 17.7 Å². The van der Waals surface area contributed by atoms with Crippen LogP contribution in [0, 0.1) is 21.7 Å². The lowest BCUT2D eigenvalue weighted by Gasteiger charge is -2.09. The van der Waals surface area contributed by atoms with Crippen LogP contribution in [0.15, 0.2) is 36.4 Å². The summed E-state index contributed by atoms with van der Waals surface area (Å²) in [5.41, 5.74) is -0.355. The van der Waals surface area contributed by atoms with Crippen molar-refractivity contribution in [3.63, 3.8) is 0 Å². The minimum absolute atomic E-state index is 0.0488. The number of hydrogen-bond donors (Lipinski definition) is 0. The van der Waals surface area contributed by atoms with Gasteiger partial charge in [0.25, 0.3) is 0 Å². The Bertz CT molecular complexity index is 644. The molecular weight excluding hydrogens is 292 g/mol. The van der Waals surface area contributed by atoms with Crippen LogP contribution in [0.4, 0.5) is 14.5 Å². The Morgan fingerprint density at radius 1 is 1.25 bits per heavy atom. The molecule has 0 saturated carbocycles. The number of nitrogens with zero attached hydrogens (tertiary/aromatic N) is 1. The Morgan fingerprint density at radius 2 is 2.00 bits per heavy atom. The van der Waals surface area contributed by atoms with E-state index in [-0.39, 0.29) is 22.9 Å². The fourth-order valence-corrected chi connectivity index (χ4v) is 1.79. The molecular formula is C13H8ClF2NO3. The summed E-state index contributed by atoms with van der Waals surface area (Å²) in [7, 11) is 0. The van der Waals surface area contributed by atoms with E-state index in [9.17, 15) is 18.9 Å². The number of halogens is 3. The molecule has 0 aliphatic heterocycles. The molecule has 0 aromatic heterocycles. The number of hydrogen-bond acceptors (Lipinski definition) is 3. The largest absolute Gasteiger partial charge is 0.482 e. The Morgan fingerprint density at radius 3 is 2.65 bits per heavy atom. The molecule has 0 N–H and O–H groups in total. The molecule has 0 bridgehead atoms. The van der Waals surface area contributed by atoms with Gasteiger partial charge in [0, 0.05) is 17.7 Å². The lowest BCUT2D eigenvalue weighted by atomic mass is 10.2. The number of benzene rings is 2. The fraction of sp³-hybridized carbons (Fsp3) is 0.0769. The van der Waals surface area contributed by atoms with Crippen LogP contribution in [0.5, 0.6) is 5.75 Å². The summed E-state index contributed by atoms with van der Waals surface area (Å²) < 4.78 is 31.7. The molecule has 0 aliphatic carbocycles. The Balaban J connectivity index is 2.27. The lowest BCUT2D eigenvalue weighted by molar-refractivity contribution is -0.386. The molecule has 0 unspecified atom stereocenters. The summed E-state index contributed by atoms with van der Waals surface area (Å²) in [6.45, 7) is -0.338. The summed E-state index contributed by atoms with van der Waals surface area (Å²) in [6, 6.07) is 6.86. The molecule has 7 heteroatoms. The van der Waals surface area contributed by atoms with Crippen molar-refractivity contribution in [2.24, 2.45) is 0 Å². The second kappa shape index (κ2) is 5.83. The first kappa shape index (κ1) is 14.2. The number of rotatable bonds is 4. The topological polar surface area (TPSA) is 52.4 Å². The van der Waals surface area contributed by atoms with Crippen LogP contribution in [0.3, 0.4) is 0 Å². The first-order valence-corrected chi connectivity index (χ1v) is 5.86. The van der Waals surface area contributed by atoms with Crippen LogP contribution >= 0.6 is 11.6 Å². The quantitative estimate of drug-likeness (QED) is 0.630. The van der Waals surface area contributed by atoms with Crippen molar-refractivity contribution in [3.05, 3.63) is 68.7 Å². The Kier molecular flexibility index (Phi) is 4.14. The van der Waals surface area contributed by atoms with Crippen LogP contribution in [0.2, 0.25) is 5.02 Å². The molecule has 2 aromatic rings. The molecule has 0 amide bonds. The summed E-state index contributed by atoms with van der Waals surface area (Å²) in [5.74, 6) is -1.57. The van der Waals surface area contributed by atoms with Gasteiger partial charge in [0.05, 0.1) is 9.95 Å². The molecule has 0 fully saturated rings. The number of ether oxygens (including phenoxy) is 1. The average molecular weight is 300 g/mol. The molecule has 0 heterocycles. The van der Waals surface area contributed by atoms with Crippen molar-refractivity contribution in [2.75, 3.05) is 0 Å². The van der Waals surface area contributed by atoms with Gasteiger partial charge in [0.2, 0.25) is 0 Å². The molecule has 0 saturated heterocycles. The van der Waals surface area contributed by atoms with Crippen molar-refractivity contribution in [2.45, 2.75) is 6.61 Å². The predicted octanol–water partition coefficient (Wildman–Crippen LogP) is 4.11. The Labute approximate surface area is 117 Å². The zero-order valence-electron chi connectivity index (χ0n) is 9.98. The van der Waals surface area contributed by atoms with E-state index in [0.29, 0.717) is 0 Å². The monoisotopic (exact) mass is 299 g/mol. The molecule has 2 rings (SSSR count). The van der Waals surface area contributed by atoms with Crippen molar-refractivity contribution >= 4 is 17.3 Å². The van der Waals surface area contributed by atoms with E-state index in [0.717, 1.165) is 18.2 Å². The van der Waals surface area contributed by atoms with Crippen molar-refractivity contribution in [1.82, 2.24) is 0 Å². The standard InChI is InChI=1S/C13H8ClF2NO3/c14-10-2-1-3-11(16)9(10)7-20-13-6-8(15)4-5-12(13)17(18)19/h1-6H,7H2. The summed E-state index contributed by atoms with van der Waals surface area (Å²) in [4.78, 5) is 10.1. The average Bonchev–Trinajstić information content (AvgIpc) is 2.37. The van der Waals surface area contributed by atoms with Gasteiger partial charge in [-0.15, -0.1) is 0 Å². The summed E-state index contributed by atoms with van der Waals surface area (Å²) in [6.07, 6.45) is 0. The third kappa shape index (κ3) is 3.03. The van der Waals surface area contributed by atoms with E-state index in [1.807, 2.05) is 0 Å². The highest BCUT2D eigenvalue weighted by atomic mass is 35.5. The van der Waals surface area contributed by atoms with E-state index >= 15 is 0 Å². The van der Waals surface area contributed by atoms with Gasteiger partial charge in [0.1, 0.15) is 18.2 Å². The molecule has 20 heavy (non-hydrogen) atoms. The zero-order valence-corrected chi connectivity index (χ0v) is 10.7. The van der Waals surface area contributed by atoms with E-state index in [1.54, 1.807) is 0 Å². The molecule has 0 radical (unpaired) electrons. The van der Waals surface area contributed by atoms with Crippen LogP contribution in [0.25, 0.3) is 0 Å². The summed E-state index contributed by atoms with van der Waals surface area (Å²) >= 11 is 5.80. The van der Waals surface area contributed by atoms with Crippen molar-refractivity contribution in [3.8, 4) is 5.75 Å². The van der Waals surface area contributed by atoms with E-state index < -0.39 is 22.2 Å². The lowest BCUT2D eigenvalue weighted by Crippen LogP contribution is -2.02. The van der Waals surface area contributed by atoms with Gasteiger partial charge in [-0.3, -0.25) is 10.1 Å². The van der Waals surface area contributed by atoms with Gasteiger partial charge in [-0.25, -0.2) is 8.78 Å². The molecule has 0 atom stereocenters. The smallest absolute Gasteiger partial charge is 0.311 e. The van der Waals surface area contributed by atoms with Gasteiger partial charge < -0.3 is 4.74 Å². The van der Waals surface area contributed by atoms with Crippen LogP contribution in [-0.4, -0.2) is 4.92 Å². The van der Waals surface area contributed by atoms with Crippen molar-refractivity contribution in [1.29, 1.82) is 0 Å². The molecule has 104 valence electrons. The number of nitro groups is 1. The second-order valence-electron chi connectivity index (χ2n) is 3.86. The highest BCUT2D eigenvalue weighted by Crippen LogP contribution is 2.29. The normalized spacial score (nSPS) is 10.3. The van der Waals surface area contributed by atoms with Gasteiger partial charge >= 0.3 is 5.69 Å². The minimum Gasteiger partial charge on any atom is -0.482 e. The van der Waals surface area contributed by atoms with E-state index in [4.69, 9.17) is 16.3 Å². The van der Waals surface area contributed by atoms with E-state index in [1.165, 1.54) is 18.2 Å². The first-order valence-electron chi connectivity index (χ1n) is 5.48. The molecule has 0 aliphatic rings. The molecule has 2 aromatic carbocycles. The van der Waals surface area contributed by atoms with E-state index in [2.05, 4.69) is 0 Å². The third-order valence-corrected chi connectivity index (χ3v) is 2.91. The number of nitro benzene ring substituents is 1. The maximum atomic E-state index is 13.5. The highest BCUT2D eigenvalue weighted by Gasteiger charge is 2.17. The zero-order chi connectivity index (χ0) is 14.7. The van der Waals surface area contributed by atoms with Crippen LogP contribution < -0.4 is 4.74 Å². The predicted molar refractivity (Wildman–Crippen MR) is 68.8 cm³/mol. The highest BCUT2D eigenvalue weighted by molar-refractivity contribution is 6.31. The maximum Gasteiger partial charge on any atom is 0.311 e. The van der Waals surface area contributed by atoms with Crippen LogP contribution in [-0.2, 0) is 6.61 Å². The SMILES string of the molecule is O=[N+]([O-])c1ccc(F)cc1OCc1c(F)cccc1Cl.